The molecule has 0 aromatic heterocycles. The van der Waals surface area contributed by atoms with E-state index in [-0.39, 0.29) is 16.7 Å². The Morgan fingerprint density at radius 1 is 1.00 bits per heavy atom. The van der Waals surface area contributed by atoms with Crippen LogP contribution in [0.3, 0.4) is 0 Å². The van der Waals surface area contributed by atoms with E-state index in [1.54, 1.807) is 12.1 Å². The quantitative estimate of drug-likeness (QED) is 0.549. The Morgan fingerprint density at radius 2 is 1.67 bits per heavy atom. The highest BCUT2D eigenvalue weighted by atomic mass is 79.9. The van der Waals surface area contributed by atoms with Crippen LogP contribution in [0, 0.1) is 0 Å². The summed E-state index contributed by atoms with van der Waals surface area (Å²) in [6.45, 7) is 0.539. The molecule has 0 fully saturated rings. The normalized spacial score (nSPS) is 11.5. The zero-order chi connectivity index (χ0) is 15.5. The predicted molar refractivity (Wildman–Crippen MR) is 87.5 cm³/mol. The Hall–Kier alpha value is -0.660. The first-order chi connectivity index (χ1) is 9.83. The molecule has 0 aliphatic carbocycles. The van der Waals surface area contributed by atoms with Crippen molar-refractivity contribution in [2.75, 3.05) is 5.32 Å². The number of anilines is 1. The molecule has 0 atom stereocenters. The average Bonchev–Trinajstić information content (AvgIpc) is 2.38. The maximum absolute atomic E-state index is 12.2. The van der Waals surface area contributed by atoms with E-state index >= 15 is 0 Å². The third kappa shape index (κ3) is 5.56. The molecule has 2 rings (SSSR count). The minimum atomic E-state index is -4.25. The van der Waals surface area contributed by atoms with Gasteiger partial charge in [-0.2, -0.15) is 13.2 Å². The minimum Gasteiger partial charge on any atom is -0.380 e. The molecule has 0 saturated heterocycles. The minimum absolute atomic E-state index is 0.105. The third-order valence-electron chi connectivity index (χ3n) is 2.57. The first kappa shape index (κ1) is 16.7. The highest BCUT2D eigenvalue weighted by Crippen LogP contribution is 2.36. The fraction of sp³-hybridized carbons (Fsp3) is 0.143. The number of benzene rings is 2. The Morgan fingerprint density at radius 3 is 2.24 bits per heavy atom. The molecule has 0 aliphatic heterocycles. The Kier molecular flexibility index (Phi) is 5.62. The van der Waals surface area contributed by atoms with E-state index in [0.29, 0.717) is 6.54 Å². The summed E-state index contributed by atoms with van der Waals surface area (Å²) in [6, 6.07) is 12.1. The van der Waals surface area contributed by atoms with E-state index in [2.05, 4.69) is 37.2 Å². The monoisotopic (exact) mass is 439 g/mol. The highest BCUT2D eigenvalue weighted by molar-refractivity contribution is 9.11. The van der Waals surface area contributed by atoms with Crippen LogP contribution in [0.5, 0.6) is 0 Å². The van der Waals surface area contributed by atoms with Crippen molar-refractivity contribution in [2.45, 2.75) is 16.9 Å². The highest BCUT2D eigenvalue weighted by Gasteiger charge is 2.28. The van der Waals surface area contributed by atoms with Crippen LogP contribution < -0.4 is 5.32 Å². The SMILES string of the molecule is FC(F)(F)Sc1ccc(CNc2ccc(Br)cc2Br)cc1. The van der Waals surface area contributed by atoms with Gasteiger partial charge in [0.15, 0.2) is 0 Å². The van der Waals surface area contributed by atoms with Crippen molar-refractivity contribution >= 4 is 49.3 Å². The van der Waals surface area contributed by atoms with Crippen LogP contribution in [0.25, 0.3) is 0 Å². The van der Waals surface area contributed by atoms with Gasteiger partial charge in [0.05, 0.1) is 0 Å². The van der Waals surface area contributed by atoms with Crippen molar-refractivity contribution in [1.29, 1.82) is 0 Å². The Bertz CT molecular complexity index is 615. The molecule has 0 saturated carbocycles. The number of halogens is 5. The first-order valence-corrected chi connectivity index (χ1v) is 8.27. The van der Waals surface area contributed by atoms with E-state index < -0.39 is 5.51 Å². The van der Waals surface area contributed by atoms with Crippen molar-refractivity contribution in [3.8, 4) is 0 Å². The fourth-order valence-corrected chi connectivity index (χ4v) is 3.37. The lowest BCUT2D eigenvalue weighted by Crippen LogP contribution is -2.01. The average molecular weight is 441 g/mol. The number of nitrogens with one attached hydrogen (secondary N) is 1. The van der Waals surface area contributed by atoms with Gasteiger partial charge in [0.2, 0.25) is 0 Å². The van der Waals surface area contributed by atoms with Crippen LogP contribution in [0.1, 0.15) is 5.56 Å². The zero-order valence-corrected chi connectivity index (χ0v) is 14.5. The molecule has 2 aromatic carbocycles. The maximum Gasteiger partial charge on any atom is 0.446 e. The van der Waals surface area contributed by atoms with Gasteiger partial charge in [-0.25, -0.2) is 0 Å². The van der Waals surface area contributed by atoms with Crippen LogP contribution in [0.2, 0.25) is 0 Å². The lowest BCUT2D eigenvalue weighted by atomic mass is 10.2. The lowest BCUT2D eigenvalue weighted by molar-refractivity contribution is -0.0328. The number of hydrogen-bond donors (Lipinski definition) is 1. The summed E-state index contributed by atoms with van der Waals surface area (Å²) in [5, 5.41) is 3.23. The Balaban J connectivity index is 1.97. The molecule has 0 heterocycles. The van der Waals surface area contributed by atoms with Crippen molar-refractivity contribution in [3.05, 3.63) is 57.0 Å². The predicted octanol–water partition coefficient (Wildman–Crippen LogP) is 6.44. The molecular formula is C14H10Br2F3NS. The van der Waals surface area contributed by atoms with Crippen molar-refractivity contribution < 1.29 is 13.2 Å². The molecule has 0 radical (unpaired) electrons. The lowest BCUT2D eigenvalue weighted by Gasteiger charge is -2.10. The zero-order valence-electron chi connectivity index (χ0n) is 10.5. The van der Waals surface area contributed by atoms with Gasteiger partial charge in [-0.1, -0.05) is 28.1 Å². The van der Waals surface area contributed by atoms with Gasteiger partial charge in [-0.3, -0.25) is 0 Å². The van der Waals surface area contributed by atoms with E-state index in [1.165, 1.54) is 12.1 Å². The second-order valence-electron chi connectivity index (χ2n) is 4.17. The summed E-state index contributed by atoms with van der Waals surface area (Å²) in [4.78, 5) is 0.191. The first-order valence-electron chi connectivity index (χ1n) is 5.87. The van der Waals surface area contributed by atoms with Crippen LogP contribution in [-0.4, -0.2) is 5.51 Å². The third-order valence-corrected chi connectivity index (χ3v) is 4.46. The van der Waals surface area contributed by atoms with Crippen LogP contribution in [-0.2, 0) is 6.54 Å². The standard InChI is InChI=1S/C14H10Br2F3NS/c15-10-3-6-13(12(16)7-10)20-8-9-1-4-11(5-2-9)21-14(17,18)19/h1-7,20H,8H2. The molecule has 112 valence electrons. The summed E-state index contributed by atoms with van der Waals surface area (Å²) in [5.74, 6) is 0. The molecule has 0 unspecified atom stereocenters. The topological polar surface area (TPSA) is 12.0 Å². The van der Waals surface area contributed by atoms with Gasteiger partial charge in [-0.15, -0.1) is 0 Å². The van der Waals surface area contributed by atoms with E-state index in [0.717, 1.165) is 20.2 Å². The second-order valence-corrected chi connectivity index (χ2v) is 7.08. The smallest absolute Gasteiger partial charge is 0.380 e. The second kappa shape index (κ2) is 7.07. The summed E-state index contributed by atoms with van der Waals surface area (Å²) < 4.78 is 38.6. The van der Waals surface area contributed by atoms with Crippen LogP contribution in [0.4, 0.5) is 18.9 Å². The summed E-state index contributed by atoms with van der Waals surface area (Å²) in [6.07, 6.45) is 0. The van der Waals surface area contributed by atoms with Gasteiger partial charge in [0.25, 0.3) is 0 Å². The number of hydrogen-bond acceptors (Lipinski definition) is 2. The largest absolute Gasteiger partial charge is 0.446 e. The molecular weight excluding hydrogens is 431 g/mol. The Labute approximate surface area is 141 Å². The summed E-state index contributed by atoms with van der Waals surface area (Å²) in [7, 11) is 0. The number of thioether (sulfide) groups is 1. The van der Waals surface area contributed by atoms with Gasteiger partial charge in [0, 0.05) is 26.1 Å². The molecule has 0 bridgehead atoms. The molecule has 7 heteroatoms. The maximum atomic E-state index is 12.2. The van der Waals surface area contributed by atoms with E-state index in [9.17, 15) is 13.2 Å². The number of alkyl halides is 3. The van der Waals surface area contributed by atoms with Gasteiger partial charge in [-0.05, 0) is 63.6 Å². The van der Waals surface area contributed by atoms with E-state index in [1.807, 2.05) is 18.2 Å². The molecule has 21 heavy (non-hydrogen) atoms. The van der Waals surface area contributed by atoms with Crippen LogP contribution in [0.15, 0.2) is 56.3 Å². The van der Waals surface area contributed by atoms with Crippen molar-refractivity contribution in [3.63, 3.8) is 0 Å². The van der Waals surface area contributed by atoms with Gasteiger partial charge in [0.1, 0.15) is 0 Å². The van der Waals surface area contributed by atoms with Crippen molar-refractivity contribution in [2.24, 2.45) is 0 Å². The molecule has 0 aliphatic rings. The molecule has 1 nitrogen and oxygen atoms in total. The van der Waals surface area contributed by atoms with Gasteiger partial charge >= 0.3 is 5.51 Å². The molecule has 0 amide bonds. The number of rotatable bonds is 4. The summed E-state index contributed by atoms with van der Waals surface area (Å²) >= 11 is 6.71. The molecule has 2 aromatic rings. The van der Waals surface area contributed by atoms with Crippen LogP contribution >= 0.6 is 43.6 Å². The van der Waals surface area contributed by atoms with E-state index in [4.69, 9.17) is 0 Å². The molecule has 0 spiro atoms. The van der Waals surface area contributed by atoms with Gasteiger partial charge < -0.3 is 5.32 Å². The van der Waals surface area contributed by atoms with Crippen molar-refractivity contribution in [1.82, 2.24) is 0 Å². The molecule has 1 N–H and O–H groups in total. The fourth-order valence-electron chi connectivity index (χ4n) is 1.64. The summed E-state index contributed by atoms with van der Waals surface area (Å²) in [5.41, 5.74) is -2.41.